The van der Waals surface area contributed by atoms with Gasteiger partial charge in [-0.25, -0.2) is 0 Å². The molecule has 0 saturated heterocycles. The zero-order chi connectivity index (χ0) is 11.1. The summed E-state index contributed by atoms with van der Waals surface area (Å²) in [5, 5.41) is 1.16. The minimum absolute atomic E-state index is 0. The molecule has 0 aliphatic heterocycles. The van der Waals surface area contributed by atoms with Crippen LogP contribution >= 0.6 is 0 Å². The van der Waals surface area contributed by atoms with Crippen LogP contribution in [0.15, 0.2) is 0 Å². The monoisotopic (exact) mass is 221 g/mol. The van der Waals surface area contributed by atoms with Crippen LogP contribution < -0.4 is 0 Å². The van der Waals surface area contributed by atoms with Gasteiger partial charge in [0.1, 0.15) is 0 Å². The fraction of sp³-hybridized carbons (Fsp3) is 1.00. The van der Waals surface area contributed by atoms with Gasteiger partial charge in [-0.2, -0.15) is 0 Å². The van der Waals surface area contributed by atoms with Crippen molar-refractivity contribution in [3.63, 3.8) is 0 Å². The van der Waals surface area contributed by atoms with E-state index in [1.54, 1.807) is 0 Å². The predicted molar refractivity (Wildman–Crippen MR) is 70.7 cm³/mol. The Hall–Kier alpha value is 1.70. The summed E-state index contributed by atoms with van der Waals surface area (Å²) in [6, 6.07) is 0. The molecule has 0 aliphatic rings. The van der Waals surface area contributed by atoms with E-state index in [9.17, 15) is 0 Å². The van der Waals surface area contributed by atoms with Crippen LogP contribution in [0.4, 0.5) is 0 Å². The summed E-state index contributed by atoms with van der Waals surface area (Å²) >= 11 is 0. The molecule has 0 bridgehead atoms. The molecule has 14 heavy (non-hydrogen) atoms. The van der Waals surface area contributed by atoms with Gasteiger partial charge in [0, 0.05) is 51.4 Å². The Labute approximate surface area is 134 Å². The molecule has 0 fully saturated rings. The van der Waals surface area contributed by atoms with Crippen molar-refractivity contribution < 1.29 is 0 Å². The molecule has 0 rings (SSSR count). The van der Waals surface area contributed by atoms with Crippen molar-refractivity contribution in [1.82, 2.24) is 0 Å². The Bertz CT molecular complexity index is 133. The van der Waals surface area contributed by atoms with Crippen molar-refractivity contribution in [2.75, 3.05) is 0 Å². The van der Waals surface area contributed by atoms with E-state index in [4.69, 9.17) is 0 Å². The molecule has 0 atom stereocenters. The fourth-order valence-corrected chi connectivity index (χ4v) is 3.90. The van der Waals surface area contributed by atoms with Crippen LogP contribution in [-0.4, -0.2) is 58.1 Å². The number of rotatable bonds is 0. The van der Waals surface area contributed by atoms with E-state index in [1.165, 1.54) is 0 Å². The Kier molecular flexibility index (Phi) is 6.91. The van der Waals surface area contributed by atoms with Gasteiger partial charge in [0.2, 0.25) is 0 Å². The van der Waals surface area contributed by atoms with Gasteiger partial charge in [0.15, 0.2) is 6.71 Å². The maximum atomic E-state index is 2.36. The summed E-state index contributed by atoms with van der Waals surface area (Å²) < 4.78 is 0. The molecule has 0 aliphatic carbocycles. The van der Waals surface area contributed by atoms with E-state index in [2.05, 4.69) is 62.3 Å². The van der Waals surface area contributed by atoms with Crippen molar-refractivity contribution in [3.8, 4) is 0 Å². The first kappa shape index (κ1) is 18.1. The van der Waals surface area contributed by atoms with Gasteiger partial charge in [-0.3, -0.25) is 0 Å². The van der Waals surface area contributed by atoms with Gasteiger partial charge in [-0.15, -0.1) is 0 Å². The molecule has 0 spiro atoms. The molecule has 0 amide bonds. The van der Waals surface area contributed by atoms with Crippen LogP contribution in [0.25, 0.3) is 0 Å². The summed E-state index contributed by atoms with van der Waals surface area (Å²) in [6.07, 6.45) is 0. The first-order valence-electron chi connectivity index (χ1n) is 5.37. The maximum absolute atomic E-state index is 2.36. The van der Waals surface area contributed by atoms with Crippen LogP contribution in [-0.2, 0) is 0 Å². The summed E-state index contributed by atoms with van der Waals surface area (Å²) in [7, 11) is 0. The Balaban J connectivity index is 0. The third-order valence-electron chi connectivity index (χ3n) is 2.60. The van der Waals surface area contributed by atoms with Gasteiger partial charge in [-0.1, -0.05) is 78.3 Å². The molecule has 0 nitrogen and oxygen atoms in total. The molecule has 0 heterocycles. The first-order chi connectivity index (χ1) is 5.37. The Morgan fingerprint density at radius 3 is 0.643 bits per heavy atom. The summed E-state index contributed by atoms with van der Waals surface area (Å²) in [5.74, 6) is 0. The van der Waals surface area contributed by atoms with Gasteiger partial charge in [-0.05, 0) is 0 Å². The minimum Gasteiger partial charge on any atom is -0.0667 e. The zero-order valence-electron chi connectivity index (χ0n) is 12.1. The normalized spacial score (nSPS) is 13.5. The van der Waals surface area contributed by atoms with E-state index < -0.39 is 0 Å². The second kappa shape index (κ2) is 5.36. The minimum atomic E-state index is 0. The van der Waals surface area contributed by atoms with Gasteiger partial charge >= 0.3 is 0 Å². The van der Waals surface area contributed by atoms with Crippen LogP contribution in [0.5, 0.6) is 0 Å². The van der Waals surface area contributed by atoms with Crippen molar-refractivity contribution in [2.45, 2.75) is 78.3 Å². The topological polar surface area (TPSA) is 0 Å². The van der Waals surface area contributed by atoms with Gasteiger partial charge < -0.3 is 0 Å². The maximum Gasteiger partial charge on any atom is 0.156 e. The van der Waals surface area contributed by atoms with Crippen LogP contribution in [0.3, 0.4) is 0 Å². The number of hydrogen-bond donors (Lipinski definition) is 0. The predicted octanol–water partition coefficient (Wildman–Crippen LogP) is 4.50. The van der Waals surface area contributed by atoms with Crippen LogP contribution in [0, 0.1) is 0 Å². The molecule has 0 aromatic carbocycles. The molecule has 0 unspecified atom stereocenters. The van der Waals surface area contributed by atoms with E-state index in [0.29, 0.717) is 15.9 Å². The molecule has 1 radical (unpaired) electrons. The number of hydrogen-bond acceptors (Lipinski definition) is 0. The molecule has 2 heteroatoms. The average molecular weight is 221 g/mol. The van der Waals surface area contributed by atoms with Crippen molar-refractivity contribution in [1.29, 1.82) is 0 Å². The van der Waals surface area contributed by atoms with E-state index in [-0.39, 0.29) is 51.4 Å². The van der Waals surface area contributed by atoms with Crippen molar-refractivity contribution in [3.05, 3.63) is 0 Å². The van der Waals surface area contributed by atoms with Gasteiger partial charge in [0.05, 0.1) is 0 Å². The molecule has 0 N–H and O–H groups in total. The van der Waals surface area contributed by atoms with Crippen molar-refractivity contribution in [2.24, 2.45) is 0 Å². The average Bonchev–Trinajstić information content (AvgIpc) is 1.44. The zero-order valence-corrected chi connectivity index (χ0v) is 15.2. The molecule has 79 valence electrons. The quantitative estimate of drug-likeness (QED) is 0.528. The summed E-state index contributed by atoms with van der Waals surface area (Å²) in [4.78, 5) is 0. The molecular formula is C12H27BK. The van der Waals surface area contributed by atoms with E-state index >= 15 is 0 Å². The van der Waals surface area contributed by atoms with E-state index in [1.807, 2.05) is 0 Å². The SMILES string of the molecule is CC(C)(C)B(C(C)(C)C)C(C)(C)C.[K]. The molecule has 0 aromatic heterocycles. The Morgan fingerprint density at radius 1 is 0.500 bits per heavy atom. The molecule has 0 saturated carbocycles. The second-order valence-electron chi connectivity index (χ2n) is 7.53. The third-order valence-corrected chi connectivity index (χ3v) is 2.60. The summed E-state index contributed by atoms with van der Waals surface area (Å²) in [6.45, 7) is 21.9. The first-order valence-corrected chi connectivity index (χ1v) is 5.37. The van der Waals surface area contributed by atoms with Crippen molar-refractivity contribution >= 4 is 58.1 Å². The molecular weight excluding hydrogens is 194 g/mol. The van der Waals surface area contributed by atoms with E-state index in [0.717, 1.165) is 6.71 Å². The van der Waals surface area contributed by atoms with Crippen LogP contribution in [0.2, 0.25) is 15.9 Å². The Morgan fingerprint density at radius 2 is 0.643 bits per heavy atom. The van der Waals surface area contributed by atoms with Crippen LogP contribution in [0.1, 0.15) is 62.3 Å². The second-order valence-corrected chi connectivity index (χ2v) is 7.53. The standard InChI is InChI=1S/C12H27B.K/c1-10(2,3)13(11(4,5)6)12(7,8)9;/h1-9H3;. The third kappa shape index (κ3) is 5.69. The van der Waals surface area contributed by atoms with Gasteiger partial charge in [0.25, 0.3) is 0 Å². The smallest absolute Gasteiger partial charge is 0.0667 e. The largest absolute Gasteiger partial charge is 0.156 e. The molecule has 0 aromatic rings. The fourth-order valence-electron chi connectivity index (χ4n) is 3.90. The summed E-state index contributed by atoms with van der Waals surface area (Å²) in [5.41, 5.74) is 0.